The molecule has 1 fully saturated rings. The Bertz CT molecular complexity index is 624. The summed E-state index contributed by atoms with van der Waals surface area (Å²) in [7, 11) is 0. The molecule has 1 aliphatic heterocycles. The van der Waals surface area contributed by atoms with Crippen molar-refractivity contribution in [3.8, 4) is 5.69 Å². The van der Waals surface area contributed by atoms with Gasteiger partial charge in [0.1, 0.15) is 0 Å². The highest BCUT2D eigenvalue weighted by Crippen LogP contribution is 2.24. The third-order valence-corrected chi connectivity index (χ3v) is 3.88. The van der Waals surface area contributed by atoms with Crippen LogP contribution in [0.1, 0.15) is 19.3 Å². The quantitative estimate of drug-likeness (QED) is 0.899. The Morgan fingerprint density at radius 3 is 3.00 bits per heavy atom. The van der Waals surface area contributed by atoms with Crippen LogP contribution in [0.25, 0.3) is 5.69 Å². The van der Waals surface area contributed by atoms with Gasteiger partial charge in [0, 0.05) is 30.5 Å². The van der Waals surface area contributed by atoms with E-state index in [4.69, 9.17) is 11.6 Å². The number of amides is 1. The summed E-state index contributed by atoms with van der Waals surface area (Å²) in [5, 5.41) is 10.9. The number of hydrogen-bond donors (Lipinski definition) is 2. The zero-order valence-electron chi connectivity index (χ0n) is 12.0. The second-order valence-corrected chi connectivity index (χ2v) is 5.57. The Kier molecular flexibility index (Phi) is 5.83. The van der Waals surface area contributed by atoms with E-state index in [1.165, 1.54) is 0 Å². The minimum atomic E-state index is 0. The molecule has 1 aliphatic rings. The van der Waals surface area contributed by atoms with Crippen LogP contribution in [0, 0.1) is 0 Å². The maximum absolute atomic E-state index is 12.0. The minimum Gasteiger partial charge on any atom is -0.326 e. The number of anilines is 1. The van der Waals surface area contributed by atoms with E-state index in [0.717, 1.165) is 25.1 Å². The molecule has 0 aliphatic carbocycles. The summed E-state index contributed by atoms with van der Waals surface area (Å²) in [5.74, 6) is 0.0114. The van der Waals surface area contributed by atoms with Crippen LogP contribution in [0.5, 0.6) is 0 Å². The van der Waals surface area contributed by atoms with Crippen molar-refractivity contribution in [1.82, 2.24) is 15.1 Å². The summed E-state index contributed by atoms with van der Waals surface area (Å²) in [6, 6.07) is 7.56. The Labute approximate surface area is 140 Å². The monoisotopic (exact) mass is 340 g/mol. The Morgan fingerprint density at radius 1 is 1.50 bits per heavy atom. The van der Waals surface area contributed by atoms with Crippen LogP contribution in [0.15, 0.2) is 36.7 Å². The number of hydrogen-bond acceptors (Lipinski definition) is 3. The number of halogens is 2. The fourth-order valence-electron chi connectivity index (χ4n) is 2.55. The second kappa shape index (κ2) is 7.63. The summed E-state index contributed by atoms with van der Waals surface area (Å²) < 4.78 is 1.69. The average Bonchev–Trinajstić information content (AvgIpc) is 3.11. The number of carbonyl (C=O) groups is 1. The highest BCUT2D eigenvalue weighted by molar-refractivity contribution is 6.32. The molecule has 5 nitrogen and oxygen atoms in total. The molecule has 2 N–H and O–H groups in total. The smallest absolute Gasteiger partial charge is 0.225 e. The molecular weight excluding hydrogens is 323 g/mol. The van der Waals surface area contributed by atoms with Crippen LogP contribution in [0.2, 0.25) is 5.02 Å². The summed E-state index contributed by atoms with van der Waals surface area (Å²) in [6.07, 6.45) is 6.22. The van der Waals surface area contributed by atoms with Crippen molar-refractivity contribution in [2.24, 2.45) is 0 Å². The Morgan fingerprint density at radius 2 is 2.36 bits per heavy atom. The van der Waals surface area contributed by atoms with Crippen LogP contribution < -0.4 is 10.6 Å². The first kappa shape index (κ1) is 16.8. The lowest BCUT2D eigenvalue weighted by Gasteiger charge is -2.11. The summed E-state index contributed by atoms with van der Waals surface area (Å²) >= 11 is 6.25. The van der Waals surface area contributed by atoms with Gasteiger partial charge in [0.2, 0.25) is 5.91 Å². The molecule has 1 saturated heterocycles. The van der Waals surface area contributed by atoms with E-state index < -0.39 is 0 Å². The normalized spacial score (nSPS) is 17.0. The Hall–Kier alpha value is -1.56. The Balaban J connectivity index is 0.00000176. The van der Waals surface area contributed by atoms with Crippen molar-refractivity contribution in [1.29, 1.82) is 0 Å². The van der Waals surface area contributed by atoms with E-state index in [0.29, 0.717) is 23.2 Å². The lowest BCUT2D eigenvalue weighted by Crippen LogP contribution is -2.27. The molecule has 1 atom stereocenters. The molecule has 2 heterocycles. The van der Waals surface area contributed by atoms with Crippen LogP contribution in [0.4, 0.5) is 5.69 Å². The van der Waals surface area contributed by atoms with Gasteiger partial charge < -0.3 is 10.6 Å². The molecule has 1 amide bonds. The highest BCUT2D eigenvalue weighted by atomic mass is 35.5. The first-order valence-electron chi connectivity index (χ1n) is 7.05. The molecule has 22 heavy (non-hydrogen) atoms. The van der Waals surface area contributed by atoms with E-state index in [-0.39, 0.29) is 18.3 Å². The maximum atomic E-state index is 12.0. The van der Waals surface area contributed by atoms with Gasteiger partial charge in [-0.1, -0.05) is 11.6 Å². The molecule has 0 bridgehead atoms. The van der Waals surface area contributed by atoms with Gasteiger partial charge in [-0.25, -0.2) is 4.68 Å². The summed E-state index contributed by atoms with van der Waals surface area (Å²) in [4.78, 5) is 12.0. The predicted molar refractivity (Wildman–Crippen MR) is 90.1 cm³/mol. The zero-order valence-corrected chi connectivity index (χ0v) is 13.5. The molecule has 0 saturated carbocycles. The fraction of sp³-hybridized carbons (Fsp3) is 0.333. The number of rotatable bonds is 4. The second-order valence-electron chi connectivity index (χ2n) is 5.16. The predicted octanol–water partition coefficient (Wildman–Crippen LogP) is 3.03. The number of nitrogens with zero attached hydrogens (tertiary/aromatic N) is 2. The van der Waals surface area contributed by atoms with Gasteiger partial charge in [0.05, 0.1) is 10.7 Å². The number of aromatic nitrogens is 2. The first-order chi connectivity index (χ1) is 10.2. The van der Waals surface area contributed by atoms with E-state index in [2.05, 4.69) is 15.7 Å². The van der Waals surface area contributed by atoms with Crippen LogP contribution in [-0.4, -0.2) is 28.3 Å². The van der Waals surface area contributed by atoms with Crippen LogP contribution in [0.3, 0.4) is 0 Å². The highest BCUT2D eigenvalue weighted by Gasteiger charge is 2.17. The van der Waals surface area contributed by atoms with Crippen molar-refractivity contribution < 1.29 is 4.79 Å². The standard InChI is InChI=1S/C15H17ClN4O.ClH/c16-13-9-12(4-5-14(13)20-8-2-7-18-20)19-15(21)10-11-3-1-6-17-11;/h2,4-5,7-9,11,17H,1,3,6,10H2,(H,19,21);1H. The third-order valence-electron chi connectivity index (χ3n) is 3.58. The molecular formula is C15H18Cl2N4O. The van der Waals surface area contributed by atoms with Gasteiger partial charge in [-0.2, -0.15) is 5.10 Å². The fourth-order valence-corrected chi connectivity index (χ4v) is 2.82. The van der Waals surface area contributed by atoms with Crippen LogP contribution >= 0.6 is 24.0 Å². The van der Waals surface area contributed by atoms with Gasteiger partial charge >= 0.3 is 0 Å². The number of carbonyl (C=O) groups excluding carboxylic acids is 1. The molecule has 0 radical (unpaired) electrons. The van der Waals surface area contributed by atoms with Gasteiger partial charge in [-0.15, -0.1) is 12.4 Å². The van der Waals surface area contributed by atoms with Crippen LogP contribution in [-0.2, 0) is 4.79 Å². The van der Waals surface area contributed by atoms with Gasteiger partial charge in [-0.3, -0.25) is 4.79 Å². The van der Waals surface area contributed by atoms with Gasteiger partial charge in [0.15, 0.2) is 0 Å². The first-order valence-corrected chi connectivity index (χ1v) is 7.43. The molecule has 3 rings (SSSR count). The number of benzene rings is 1. The molecule has 1 aromatic heterocycles. The topological polar surface area (TPSA) is 59.0 Å². The van der Waals surface area contributed by atoms with Crippen molar-refractivity contribution in [2.75, 3.05) is 11.9 Å². The SMILES string of the molecule is Cl.O=C(CC1CCCN1)Nc1ccc(-n2cccn2)c(Cl)c1. The van der Waals surface area contributed by atoms with Crippen molar-refractivity contribution >= 4 is 35.6 Å². The van der Waals surface area contributed by atoms with Gasteiger partial charge in [-0.05, 0) is 43.7 Å². The molecule has 118 valence electrons. The summed E-state index contributed by atoms with van der Waals surface area (Å²) in [6.45, 7) is 1.00. The lowest BCUT2D eigenvalue weighted by molar-refractivity contribution is -0.116. The zero-order chi connectivity index (χ0) is 14.7. The maximum Gasteiger partial charge on any atom is 0.225 e. The van der Waals surface area contributed by atoms with E-state index in [9.17, 15) is 4.79 Å². The average molecular weight is 341 g/mol. The summed E-state index contributed by atoms with van der Waals surface area (Å²) in [5.41, 5.74) is 1.50. The van der Waals surface area contributed by atoms with E-state index in [1.54, 1.807) is 16.9 Å². The largest absolute Gasteiger partial charge is 0.326 e. The molecule has 0 spiro atoms. The molecule has 2 aromatic rings. The van der Waals surface area contributed by atoms with Crippen molar-refractivity contribution in [3.63, 3.8) is 0 Å². The van der Waals surface area contributed by atoms with Crippen molar-refractivity contribution in [3.05, 3.63) is 41.7 Å². The molecule has 1 aromatic carbocycles. The number of nitrogens with one attached hydrogen (secondary N) is 2. The van der Waals surface area contributed by atoms with E-state index >= 15 is 0 Å². The molecule has 7 heteroatoms. The molecule has 1 unspecified atom stereocenters. The minimum absolute atomic E-state index is 0. The van der Waals surface area contributed by atoms with E-state index in [1.807, 2.05) is 24.4 Å². The van der Waals surface area contributed by atoms with Crippen molar-refractivity contribution in [2.45, 2.75) is 25.3 Å². The lowest BCUT2D eigenvalue weighted by atomic mass is 10.1. The third kappa shape index (κ3) is 4.00. The van der Waals surface area contributed by atoms with Gasteiger partial charge in [0.25, 0.3) is 0 Å².